The summed E-state index contributed by atoms with van der Waals surface area (Å²) in [5.41, 5.74) is 0.548. The van der Waals surface area contributed by atoms with Crippen molar-refractivity contribution >= 4 is 29.0 Å². The number of benzene rings is 1. The first kappa shape index (κ1) is 17.8. The van der Waals surface area contributed by atoms with Crippen molar-refractivity contribution in [3.63, 3.8) is 0 Å². The molecule has 138 valence electrons. The Hall–Kier alpha value is -1.58. The van der Waals surface area contributed by atoms with Gasteiger partial charge in [0.05, 0.1) is 6.20 Å². The van der Waals surface area contributed by atoms with Gasteiger partial charge < -0.3 is 10.6 Å². The standard InChI is InChI=1S/C17H16F3N3OS2/c18-17(19,20)14-8-21-16(26-14)25-11-4-1-9(2-5-11)15(24)23-13-7-10-3-6-12(13)22-10/h1-2,4-5,8,10,12-13,22H,3,6-7H2,(H,23,24)/t10-,12+,13-/m1/s1. The third-order valence-corrected chi connectivity index (χ3v) is 6.83. The SMILES string of the molecule is O=C(N[C@@H]1C[C@H]2CC[C@@H]1N2)c1ccc(Sc2ncc(C(F)(F)F)s2)cc1. The van der Waals surface area contributed by atoms with Crippen LogP contribution in [-0.2, 0) is 6.18 Å². The zero-order chi connectivity index (χ0) is 18.3. The minimum Gasteiger partial charge on any atom is -0.348 e. The molecule has 0 saturated carbocycles. The first-order valence-corrected chi connectivity index (χ1v) is 9.89. The van der Waals surface area contributed by atoms with Gasteiger partial charge in [0.1, 0.15) is 4.88 Å². The summed E-state index contributed by atoms with van der Waals surface area (Å²) < 4.78 is 38.2. The highest BCUT2D eigenvalue weighted by atomic mass is 32.2. The molecule has 1 amide bonds. The fourth-order valence-corrected chi connectivity index (χ4v) is 5.27. The number of nitrogens with zero attached hydrogens (tertiary/aromatic N) is 1. The van der Waals surface area contributed by atoms with Gasteiger partial charge in [-0.1, -0.05) is 11.8 Å². The van der Waals surface area contributed by atoms with Crippen LogP contribution in [0.25, 0.3) is 0 Å². The number of halogens is 3. The smallest absolute Gasteiger partial charge is 0.348 e. The van der Waals surface area contributed by atoms with Crippen LogP contribution in [-0.4, -0.2) is 29.0 Å². The van der Waals surface area contributed by atoms with Gasteiger partial charge in [-0.2, -0.15) is 13.2 Å². The molecule has 3 atom stereocenters. The van der Waals surface area contributed by atoms with Crippen LogP contribution in [0.2, 0.25) is 0 Å². The number of rotatable bonds is 4. The average molecular weight is 399 g/mol. The maximum atomic E-state index is 12.6. The lowest BCUT2D eigenvalue weighted by Crippen LogP contribution is -2.42. The highest BCUT2D eigenvalue weighted by molar-refractivity contribution is 8.01. The van der Waals surface area contributed by atoms with Crippen molar-refractivity contribution in [1.29, 1.82) is 0 Å². The molecule has 2 saturated heterocycles. The average Bonchev–Trinajstić information content (AvgIpc) is 3.31. The molecule has 1 aromatic carbocycles. The van der Waals surface area contributed by atoms with Crippen molar-refractivity contribution in [2.75, 3.05) is 0 Å². The third-order valence-electron chi connectivity index (χ3n) is 4.70. The van der Waals surface area contributed by atoms with Crippen molar-refractivity contribution in [2.45, 2.75) is 52.8 Å². The number of carbonyl (C=O) groups is 1. The quantitative estimate of drug-likeness (QED) is 0.818. The largest absolute Gasteiger partial charge is 0.427 e. The fourth-order valence-electron chi connectivity index (χ4n) is 3.45. The molecule has 0 aliphatic carbocycles. The lowest BCUT2D eigenvalue weighted by Gasteiger charge is -2.21. The molecular weight excluding hydrogens is 383 g/mol. The van der Waals surface area contributed by atoms with Gasteiger partial charge in [0, 0.05) is 28.6 Å². The second-order valence-electron chi connectivity index (χ2n) is 6.48. The van der Waals surface area contributed by atoms with Crippen molar-refractivity contribution in [2.24, 2.45) is 0 Å². The van der Waals surface area contributed by atoms with Crippen LogP contribution in [0, 0.1) is 0 Å². The van der Waals surface area contributed by atoms with Gasteiger partial charge in [-0.05, 0) is 43.5 Å². The summed E-state index contributed by atoms with van der Waals surface area (Å²) >= 11 is 1.77. The normalized spacial score (nSPS) is 24.8. The molecule has 9 heteroatoms. The summed E-state index contributed by atoms with van der Waals surface area (Å²) in [6.45, 7) is 0. The summed E-state index contributed by atoms with van der Waals surface area (Å²) in [6.07, 6.45) is -0.282. The van der Waals surface area contributed by atoms with Gasteiger partial charge in [-0.25, -0.2) is 4.98 Å². The van der Waals surface area contributed by atoms with Crippen LogP contribution in [0.5, 0.6) is 0 Å². The molecule has 26 heavy (non-hydrogen) atoms. The Bertz CT molecular complexity index is 806. The molecule has 4 nitrogen and oxygen atoms in total. The summed E-state index contributed by atoms with van der Waals surface area (Å²) in [7, 11) is 0. The van der Waals surface area contributed by atoms with E-state index in [-0.39, 0.29) is 11.9 Å². The molecule has 2 aliphatic rings. The van der Waals surface area contributed by atoms with Crippen LogP contribution in [0.4, 0.5) is 13.2 Å². The van der Waals surface area contributed by atoms with E-state index >= 15 is 0 Å². The molecule has 0 unspecified atom stereocenters. The van der Waals surface area contributed by atoms with E-state index < -0.39 is 11.1 Å². The molecule has 2 bridgehead atoms. The van der Waals surface area contributed by atoms with E-state index in [0.717, 1.165) is 35.7 Å². The molecule has 0 spiro atoms. The van der Waals surface area contributed by atoms with E-state index in [0.29, 0.717) is 33.3 Å². The lowest BCUT2D eigenvalue weighted by molar-refractivity contribution is -0.134. The predicted octanol–water partition coefficient (Wildman–Crippen LogP) is 3.94. The zero-order valence-electron chi connectivity index (χ0n) is 13.5. The first-order chi connectivity index (χ1) is 12.4. The number of thiazole rings is 1. The predicted molar refractivity (Wildman–Crippen MR) is 93.5 cm³/mol. The van der Waals surface area contributed by atoms with Crippen molar-refractivity contribution in [3.8, 4) is 0 Å². The number of aromatic nitrogens is 1. The number of nitrogens with one attached hydrogen (secondary N) is 2. The Morgan fingerprint density at radius 2 is 2.04 bits per heavy atom. The van der Waals surface area contributed by atoms with Crippen LogP contribution >= 0.6 is 23.1 Å². The van der Waals surface area contributed by atoms with E-state index in [1.165, 1.54) is 6.42 Å². The highest BCUT2D eigenvalue weighted by Gasteiger charge is 2.39. The fraction of sp³-hybridized carbons (Fsp3) is 0.412. The monoisotopic (exact) mass is 399 g/mol. The number of carbonyl (C=O) groups excluding carboxylic acids is 1. The molecule has 3 heterocycles. The third kappa shape index (κ3) is 3.74. The number of alkyl halides is 3. The van der Waals surface area contributed by atoms with E-state index in [9.17, 15) is 18.0 Å². The number of hydrogen-bond donors (Lipinski definition) is 2. The summed E-state index contributed by atoms with van der Waals surface area (Å²) in [6, 6.07) is 7.90. The lowest BCUT2D eigenvalue weighted by atomic mass is 9.95. The van der Waals surface area contributed by atoms with E-state index in [1.54, 1.807) is 24.3 Å². The Morgan fingerprint density at radius 1 is 1.27 bits per heavy atom. The second kappa shape index (κ2) is 6.86. The van der Waals surface area contributed by atoms with E-state index in [1.807, 2.05) is 0 Å². The Morgan fingerprint density at radius 3 is 2.62 bits per heavy atom. The highest BCUT2D eigenvalue weighted by Crippen LogP contribution is 2.38. The minimum atomic E-state index is -4.37. The van der Waals surface area contributed by atoms with Gasteiger partial charge >= 0.3 is 6.18 Å². The van der Waals surface area contributed by atoms with Crippen LogP contribution in [0.1, 0.15) is 34.5 Å². The van der Waals surface area contributed by atoms with Gasteiger partial charge in [-0.15, -0.1) is 11.3 Å². The van der Waals surface area contributed by atoms with Crippen LogP contribution in [0.3, 0.4) is 0 Å². The first-order valence-electron chi connectivity index (χ1n) is 8.26. The molecular formula is C17H16F3N3OS2. The molecule has 2 aromatic rings. The number of hydrogen-bond acceptors (Lipinski definition) is 5. The molecule has 2 fully saturated rings. The van der Waals surface area contributed by atoms with Crippen LogP contribution < -0.4 is 10.6 Å². The maximum Gasteiger partial charge on any atom is 0.427 e. The van der Waals surface area contributed by atoms with Gasteiger partial charge in [-0.3, -0.25) is 4.79 Å². The van der Waals surface area contributed by atoms with Crippen LogP contribution in [0.15, 0.2) is 39.7 Å². The summed E-state index contributed by atoms with van der Waals surface area (Å²) in [5, 5.41) is 6.55. The summed E-state index contributed by atoms with van der Waals surface area (Å²) in [4.78, 5) is 16.2. The molecule has 4 rings (SSSR count). The molecule has 1 aromatic heterocycles. The van der Waals surface area contributed by atoms with Gasteiger partial charge in [0.25, 0.3) is 5.91 Å². The Kier molecular flexibility index (Phi) is 4.70. The minimum absolute atomic E-state index is 0.116. The Balaban J connectivity index is 1.37. The van der Waals surface area contributed by atoms with E-state index in [4.69, 9.17) is 0 Å². The van der Waals surface area contributed by atoms with Gasteiger partial charge in [0.2, 0.25) is 0 Å². The van der Waals surface area contributed by atoms with Gasteiger partial charge in [0.15, 0.2) is 4.34 Å². The number of fused-ring (bicyclic) bond motifs is 2. The molecule has 2 N–H and O–H groups in total. The second-order valence-corrected chi connectivity index (χ2v) is 8.83. The summed E-state index contributed by atoms with van der Waals surface area (Å²) in [5.74, 6) is -0.116. The van der Waals surface area contributed by atoms with E-state index in [2.05, 4.69) is 15.6 Å². The van der Waals surface area contributed by atoms with Crippen molar-refractivity contribution < 1.29 is 18.0 Å². The zero-order valence-corrected chi connectivity index (χ0v) is 15.2. The van der Waals surface area contributed by atoms with Crippen molar-refractivity contribution in [1.82, 2.24) is 15.6 Å². The Labute approximate surface area is 156 Å². The maximum absolute atomic E-state index is 12.6. The van der Waals surface area contributed by atoms with Crippen molar-refractivity contribution in [3.05, 3.63) is 40.9 Å². The number of amides is 1. The topological polar surface area (TPSA) is 54.0 Å². The molecule has 2 aliphatic heterocycles. The molecule has 0 radical (unpaired) electrons.